The molecule has 2 aromatic heterocycles. The maximum absolute atomic E-state index is 5.87. The van der Waals surface area contributed by atoms with Crippen molar-refractivity contribution in [2.45, 2.75) is 32.3 Å². The molecule has 0 radical (unpaired) electrons. The number of rotatable bonds is 6. The summed E-state index contributed by atoms with van der Waals surface area (Å²) in [5, 5.41) is 6.22. The van der Waals surface area contributed by atoms with Gasteiger partial charge < -0.3 is 14.8 Å². The SMILES string of the molecule is CCCNc1nc(OCC2CCCO2)c2ccsc2n1. The summed E-state index contributed by atoms with van der Waals surface area (Å²) in [5.74, 6) is 1.30. The van der Waals surface area contributed by atoms with E-state index >= 15 is 0 Å². The lowest BCUT2D eigenvalue weighted by atomic mass is 10.2. The van der Waals surface area contributed by atoms with Crippen LogP contribution in [0.15, 0.2) is 11.4 Å². The number of hydrogen-bond acceptors (Lipinski definition) is 6. The first-order valence-corrected chi connectivity index (χ1v) is 7.98. The van der Waals surface area contributed by atoms with Gasteiger partial charge in [0.1, 0.15) is 11.4 Å². The smallest absolute Gasteiger partial charge is 0.227 e. The zero-order chi connectivity index (χ0) is 13.8. The third-order valence-electron chi connectivity index (χ3n) is 3.25. The van der Waals surface area contributed by atoms with Crippen molar-refractivity contribution in [3.63, 3.8) is 0 Å². The second kappa shape index (κ2) is 6.37. The predicted molar refractivity (Wildman–Crippen MR) is 80.7 cm³/mol. The van der Waals surface area contributed by atoms with Crippen molar-refractivity contribution in [2.75, 3.05) is 25.1 Å². The highest BCUT2D eigenvalue weighted by Crippen LogP contribution is 2.28. The van der Waals surface area contributed by atoms with Crippen molar-refractivity contribution >= 4 is 27.5 Å². The molecule has 108 valence electrons. The van der Waals surface area contributed by atoms with Gasteiger partial charge in [0.25, 0.3) is 0 Å². The van der Waals surface area contributed by atoms with Crippen LogP contribution in [0, 0.1) is 0 Å². The van der Waals surface area contributed by atoms with E-state index in [1.165, 1.54) is 0 Å². The van der Waals surface area contributed by atoms with Gasteiger partial charge in [-0.1, -0.05) is 6.92 Å². The van der Waals surface area contributed by atoms with Gasteiger partial charge >= 0.3 is 0 Å². The van der Waals surface area contributed by atoms with Crippen LogP contribution in [0.3, 0.4) is 0 Å². The lowest BCUT2D eigenvalue weighted by Gasteiger charge is -2.12. The third-order valence-corrected chi connectivity index (χ3v) is 4.06. The summed E-state index contributed by atoms with van der Waals surface area (Å²) in [5.41, 5.74) is 0. The maximum Gasteiger partial charge on any atom is 0.227 e. The van der Waals surface area contributed by atoms with Gasteiger partial charge in [-0.15, -0.1) is 11.3 Å². The highest BCUT2D eigenvalue weighted by atomic mass is 32.1. The number of fused-ring (bicyclic) bond motifs is 1. The number of aromatic nitrogens is 2. The molecule has 0 amide bonds. The first-order chi connectivity index (χ1) is 9.86. The van der Waals surface area contributed by atoms with Crippen LogP contribution in [0.25, 0.3) is 10.2 Å². The van der Waals surface area contributed by atoms with Crippen LogP contribution in [-0.2, 0) is 4.74 Å². The zero-order valence-corrected chi connectivity index (χ0v) is 12.4. The molecule has 1 N–H and O–H groups in total. The van der Waals surface area contributed by atoms with E-state index in [9.17, 15) is 0 Å². The normalized spacial score (nSPS) is 18.6. The Kier molecular flexibility index (Phi) is 4.32. The molecule has 0 spiro atoms. The van der Waals surface area contributed by atoms with E-state index in [0.29, 0.717) is 18.4 Å². The van der Waals surface area contributed by atoms with Gasteiger partial charge in [0.05, 0.1) is 11.5 Å². The molecular weight excluding hydrogens is 274 g/mol. The predicted octanol–water partition coefficient (Wildman–Crippen LogP) is 3.07. The molecule has 1 fully saturated rings. The highest BCUT2D eigenvalue weighted by molar-refractivity contribution is 7.16. The van der Waals surface area contributed by atoms with Gasteiger partial charge in [-0.2, -0.15) is 4.98 Å². The molecule has 0 bridgehead atoms. The van der Waals surface area contributed by atoms with Gasteiger partial charge in [0.15, 0.2) is 0 Å². The van der Waals surface area contributed by atoms with Gasteiger partial charge in [0.2, 0.25) is 11.8 Å². The Labute approximate surface area is 122 Å². The van der Waals surface area contributed by atoms with Crippen LogP contribution in [0.4, 0.5) is 5.95 Å². The number of ether oxygens (including phenoxy) is 2. The van der Waals surface area contributed by atoms with Gasteiger partial charge in [-0.25, -0.2) is 4.98 Å². The largest absolute Gasteiger partial charge is 0.474 e. The average molecular weight is 293 g/mol. The fourth-order valence-corrected chi connectivity index (χ4v) is 2.96. The lowest BCUT2D eigenvalue weighted by Crippen LogP contribution is -2.17. The summed E-state index contributed by atoms with van der Waals surface area (Å²) in [6, 6.07) is 2.01. The Morgan fingerprint density at radius 1 is 1.50 bits per heavy atom. The first kappa shape index (κ1) is 13.6. The number of nitrogens with one attached hydrogen (secondary N) is 1. The molecule has 1 aliphatic rings. The second-order valence-electron chi connectivity index (χ2n) is 4.86. The van der Waals surface area contributed by atoms with E-state index in [2.05, 4.69) is 22.2 Å². The van der Waals surface area contributed by atoms with Crippen molar-refractivity contribution in [2.24, 2.45) is 0 Å². The fraction of sp³-hybridized carbons (Fsp3) is 0.571. The fourth-order valence-electron chi connectivity index (χ4n) is 2.20. The van der Waals surface area contributed by atoms with Crippen molar-refractivity contribution in [3.05, 3.63) is 11.4 Å². The third kappa shape index (κ3) is 3.02. The topological polar surface area (TPSA) is 56.3 Å². The summed E-state index contributed by atoms with van der Waals surface area (Å²) >= 11 is 1.60. The van der Waals surface area contributed by atoms with Crippen LogP contribution in [0.5, 0.6) is 5.88 Å². The van der Waals surface area contributed by atoms with Gasteiger partial charge in [0, 0.05) is 13.2 Å². The molecule has 1 saturated heterocycles. The van der Waals surface area contributed by atoms with Crippen LogP contribution < -0.4 is 10.1 Å². The van der Waals surface area contributed by atoms with Gasteiger partial charge in [-0.3, -0.25) is 0 Å². The van der Waals surface area contributed by atoms with Crippen molar-refractivity contribution in [1.82, 2.24) is 9.97 Å². The maximum atomic E-state index is 5.87. The van der Waals surface area contributed by atoms with Crippen molar-refractivity contribution in [1.29, 1.82) is 0 Å². The van der Waals surface area contributed by atoms with Crippen LogP contribution in [0.2, 0.25) is 0 Å². The highest BCUT2D eigenvalue weighted by Gasteiger charge is 2.18. The summed E-state index contributed by atoms with van der Waals surface area (Å²) in [6.45, 7) is 4.39. The summed E-state index contributed by atoms with van der Waals surface area (Å²) < 4.78 is 11.5. The molecular formula is C14H19N3O2S. The van der Waals surface area contributed by atoms with Crippen LogP contribution in [0.1, 0.15) is 26.2 Å². The van der Waals surface area contributed by atoms with E-state index in [4.69, 9.17) is 9.47 Å². The minimum atomic E-state index is 0.200. The Morgan fingerprint density at radius 2 is 2.45 bits per heavy atom. The first-order valence-electron chi connectivity index (χ1n) is 7.10. The molecule has 0 aliphatic carbocycles. The average Bonchev–Trinajstić information content (AvgIpc) is 3.13. The second-order valence-corrected chi connectivity index (χ2v) is 5.76. The minimum absolute atomic E-state index is 0.200. The Hall–Kier alpha value is -1.40. The molecule has 6 heteroatoms. The molecule has 5 nitrogen and oxygen atoms in total. The van der Waals surface area contributed by atoms with E-state index < -0.39 is 0 Å². The molecule has 0 saturated carbocycles. The quantitative estimate of drug-likeness (QED) is 0.887. The minimum Gasteiger partial charge on any atom is -0.474 e. The monoisotopic (exact) mass is 293 g/mol. The molecule has 1 unspecified atom stereocenters. The standard InChI is InChI=1S/C14H19N3O2S/c1-2-6-15-14-16-12(11-5-8-20-13(11)17-14)19-9-10-4-3-7-18-10/h5,8,10H,2-4,6-7,9H2,1H3,(H,15,16,17). The lowest BCUT2D eigenvalue weighted by molar-refractivity contribution is 0.0669. The van der Waals surface area contributed by atoms with E-state index in [1.54, 1.807) is 11.3 Å². The number of anilines is 1. The van der Waals surface area contributed by atoms with Crippen molar-refractivity contribution < 1.29 is 9.47 Å². The zero-order valence-electron chi connectivity index (χ0n) is 11.6. The van der Waals surface area contributed by atoms with E-state index in [-0.39, 0.29) is 6.10 Å². The summed E-state index contributed by atoms with van der Waals surface area (Å²) in [7, 11) is 0. The van der Waals surface area contributed by atoms with Gasteiger partial charge in [-0.05, 0) is 30.7 Å². The molecule has 0 aromatic carbocycles. The summed E-state index contributed by atoms with van der Waals surface area (Å²) in [4.78, 5) is 9.94. The molecule has 20 heavy (non-hydrogen) atoms. The van der Waals surface area contributed by atoms with E-state index in [0.717, 1.165) is 42.6 Å². The Bertz CT molecular complexity index is 567. The summed E-state index contributed by atoms with van der Waals surface area (Å²) in [6.07, 6.45) is 3.43. The van der Waals surface area contributed by atoms with Crippen LogP contribution >= 0.6 is 11.3 Å². The Morgan fingerprint density at radius 3 is 3.25 bits per heavy atom. The molecule has 1 aliphatic heterocycles. The number of thiophene rings is 1. The van der Waals surface area contributed by atoms with Crippen LogP contribution in [-0.4, -0.2) is 35.8 Å². The Balaban J connectivity index is 1.77. The molecule has 3 rings (SSSR count). The molecule has 2 aromatic rings. The van der Waals surface area contributed by atoms with E-state index in [1.807, 2.05) is 11.4 Å². The molecule has 3 heterocycles. The number of hydrogen-bond donors (Lipinski definition) is 1. The number of nitrogens with zero attached hydrogens (tertiary/aromatic N) is 2. The molecule has 1 atom stereocenters. The van der Waals surface area contributed by atoms with Crippen molar-refractivity contribution in [3.8, 4) is 5.88 Å².